The van der Waals surface area contributed by atoms with Gasteiger partial charge in [0.1, 0.15) is 28.0 Å². The van der Waals surface area contributed by atoms with Crippen LogP contribution in [0.4, 0.5) is 8.78 Å². The third-order valence-corrected chi connectivity index (χ3v) is 3.78. The Morgan fingerprint density at radius 2 is 1.94 bits per heavy atom. The van der Waals surface area contributed by atoms with Crippen molar-refractivity contribution in [3.8, 4) is 0 Å². The number of hydrogen-bond donors (Lipinski definition) is 0. The van der Waals surface area contributed by atoms with Gasteiger partial charge in [0.15, 0.2) is 0 Å². The fraction of sp³-hybridized carbons (Fsp3) is 0.286. The van der Waals surface area contributed by atoms with Gasteiger partial charge in [0, 0.05) is 18.1 Å². The van der Waals surface area contributed by atoms with Crippen LogP contribution in [0.5, 0.6) is 0 Å². The maximum Gasteiger partial charge on any atom is 0.130 e. The normalized spacial score (nSPS) is 12.7. The van der Waals surface area contributed by atoms with Gasteiger partial charge in [0.05, 0.1) is 0 Å². The second-order valence-electron chi connectivity index (χ2n) is 4.14. The first-order valence-electron chi connectivity index (χ1n) is 5.71. The summed E-state index contributed by atoms with van der Waals surface area (Å²) in [5, 5.41) is 0. The van der Waals surface area contributed by atoms with E-state index in [2.05, 4.69) is 15.9 Å². The maximum absolute atomic E-state index is 13.7. The molecule has 0 aliphatic heterocycles. The van der Waals surface area contributed by atoms with E-state index in [1.807, 2.05) is 13.0 Å². The van der Waals surface area contributed by atoms with E-state index in [-0.39, 0.29) is 0 Å². The van der Waals surface area contributed by atoms with Gasteiger partial charge in [0.2, 0.25) is 0 Å². The van der Waals surface area contributed by atoms with Gasteiger partial charge in [-0.3, -0.25) is 0 Å². The van der Waals surface area contributed by atoms with Crippen molar-refractivity contribution in [3.05, 3.63) is 58.5 Å². The van der Waals surface area contributed by atoms with E-state index < -0.39 is 16.5 Å². The smallest absolute Gasteiger partial charge is 0.130 e. The fourth-order valence-electron chi connectivity index (χ4n) is 1.75. The lowest BCUT2D eigenvalue weighted by atomic mass is 10.1. The molecule has 0 saturated heterocycles. The van der Waals surface area contributed by atoms with Crippen LogP contribution in [0.2, 0.25) is 0 Å². The largest absolute Gasteiger partial charge is 0.465 e. The van der Waals surface area contributed by atoms with Gasteiger partial charge in [-0.25, -0.2) is 8.78 Å². The zero-order chi connectivity index (χ0) is 13.3. The molecule has 0 radical (unpaired) electrons. The summed E-state index contributed by atoms with van der Waals surface area (Å²) in [6, 6.07) is 6.06. The number of benzene rings is 1. The number of halogens is 3. The lowest BCUT2D eigenvalue weighted by Crippen LogP contribution is -1.98. The Kier molecular flexibility index (Phi) is 3.85. The van der Waals surface area contributed by atoms with Crippen molar-refractivity contribution in [2.24, 2.45) is 0 Å². The number of furan rings is 1. The van der Waals surface area contributed by atoms with Crippen LogP contribution in [0.1, 0.15) is 34.4 Å². The molecule has 4 heteroatoms. The Hall–Kier alpha value is -1.16. The molecular weight excluding hydrogens is 302 g/mol. The minimum atomic E-state index is -0.575. The Labute approximate surface area is 113 Å². The molecule has 0 N–H and O–H groups in total. The van der Waals surface area contributed by atoms with Gasteiger partial charge in [-0.2, -0.15) is 0 Å². The van der Waals surface area contributed by atoms with E-state index in [9.17, 15) is 8.78 Å². The predicted octanol–water partition coefficient (Wildman–Crippen LogP) is 4.91. The summed E-state index contributed by atoms with van der Waals surface area (Å²) in [6.07, 6.45) is 0.782. The molecule has 0 aliphatic carbocycles. The van der Waals surface area contributed by atoms with Gasteiger partial charge in [-0.15, -0.1) is 0 Å². The molecule has 1 heterocycles. The highest BCUT2D eigenvalue weighted by molar-refractivity contribution is 9.09. The van der Waals surface area contributed by atoms with Gasteiger partial charge in [-0.1, -0.05) is 22.9 Å². The van der Waals surface area contributed by atoms with Crippen molar-refractivity contribution < 1.29 is 13.2 Å². The van der Waals surface area contributed by atoms with Crippen molar-refractivity contribution in [1.82, 2.24) is 0 Å². The molecule has 18 heavy (non-hydrogen) atoms. The van der Waals surface area contributed by atoms with Crippen LogP contribution in [-0.2, 0) is 6.42 Å². The molecule has 0 spiro atoms. The van der Waals surface area contributed by atoms with Crippen molar-refractivity contribution >= 4 is 15.9 Å². The molecule has 1 aromatic carbocycles. The zero-order valence-electron chi connectivity index (χ0n) is 10.1. The molecule has 0 bridgehead atoms. The van der Waals surface area contributed by atoms with Crippen LogP contribution in [0.15, 0.2) is 28.7 Å². The highest BCUT2D eigenvalue weighted by atomic mass is 79.9. The Morgan fingerprint density at radius 1 is 1.22 bits per heavy atom. The molecule has 0 amide bonds. The average Bonchev–Trinajstić information content (AvgIpc) is 2.81. The van der Waals surface area contributed by atoms with Crippen LogP contribution in [0.3, 0.4) is 0 Å². The van der Waals surface area contributed by atoms with Crippen LogP contribution < -0.4 is 0 Å². The Bertz CT molecular complexity index is 563. The second kappa shape index (κ2) is 5.22. The number of rotatable bonds is 3. The number of hydrogen-bond acceptors (Lipinski definition) is 1. The molecule has 1 aromatic heterocycles. The van der Waals surface area contributed by atoms with Gasteiger partial charge in [-0.05, 0) is 30.7 Å². The Morgan fingerprint density at radius 3 is 2.56 bits per heavy atom. The molecule has 2 rings (SSSR count). The first-order valence-corrected chi connectivity index (χ1v) is 6.62. The SMILES string of the molecule is CCc1ccc(C(Br)c2cc(C)c(F)cc2F)o1. The molecule has 1 atom stereocenters. The quantitative estimate of drug-likeness (QED) is 0.733. The molecule has 0 saturated carbocycles. The fourth-order valence-corrected chi connectivity index (χ4v) is 2.34. The number of aryl methyl sites for hydroxylation is 2. The molecule has 1 unspecified atom stereocenters. The van der Waals surface area contributed by atoms with Crippen molar-refractivity contribution in [2.75, 3.05) is 0 Å². The van der Waals surface area contributed by atoms with Gasteiger partial charge >= 0.3 is 0 Å². The van der Waals surface area contributed by atoms with E-state index >= 15 is 0 Å². The second-order valence-corrected chi connectivity index (χ2v) is 5.06. The summed E-state index contributed by atoms with van der Waals surface area (Å²) < 4.78 is 32.5. The van der Waals surface area contributed by atoms with Crippen molar-refractivity contribution in [1.29, 1.82) is 0 Å². The molecule has 0 fully saturated rings. The third kappa shape index (κ3) is 2.48. The Balaban J connectivity index is 2.39. The maximum atomic E-state index is 13.7. The van der Waals surface area contributed by atoms with E-state index in [0.29, 0.717) is 16.9 Å². The predicted molar refractivity (Wildman–Crippen MR) is 70.0 cm³/mol. The monoisotopic (exact) mass is 314 g/mol. The standard InChI is InChI=1S/C14H13BrF2O/c1-3-9-4-5-13(18-9)14(15)10-6-8(2)11(16)7-12(10)17/h4-7,14H,3H2,1-2H3. The summed E-state index contributed by atoms with van der Waals surface area (Å²) in [7, 11) is 0. The first-order chi connectivity index (χ1) is 8.52. The van der Waals surface area contributed by atoms with E-state index in [0.717, 1.165) is 18.2 Å². The van der Waals surface area contributed by atoms with Gasteiger partial charge < -0.3 is 4.42 Å². The van der Waals surface area contributed by atoms with Crippen LogP contribution >= 0.6 is 15.9 Å². The summed E-state index contributed by atoms with van der Waals surface area (Å²) in [6.45, 7) is 3.59. The summed E-state index contributed by atoms with van der Waals surface area (Å²) in [5.41, 5.74) is 0.795. The minimum absolute atomic E-state index is 0.380. The van der Waals surface area contributed by atoms with Crippen LogP contribution in [0.25, 0.3) is 0 Å². The van der Waals surface area contributed by atoms with E-state index in [1.165, 1.54) is 6.07 Å². The summed E-state index contributed by atoms with van der Waals surface area (Å²) >= 11 is 3.39. The lowest BCUT2D eigenvalue weighted by molar-refractivity contribution is 0.473. The lowest BCUT2D eigenvalue weighted by Gasteiger charge is -2.10. The molecule has 96 valence electrons. The van der Waals surface area contributed by atoms with Crippen molar-refractivity contribution in [2.45, 2.75) is 25.1 Å². The highest BCUT2D eigenvalue weighted by Crippen LogP contribution is 2.34. The zero-order valence-corrected chi connectivity index (χ0v) is 11.7. The molecule has 0 aliphatic rings. The summed E-state index contributed by atoms with van der Waals surface area (Å²) in [5.74, 6) is 0.351. The molecule has 1 nitrogen and oxygen atoms in total. The topological polar surface area (TPSA) is 13.1 Å². The van der Waals surface area contributed by atoms with E-state index in [1.54, 1.807) is 13.0 Å². The van der Waals surface area contributed by atoms with Crippen LogP contribution in [-0.4, -0.2) is 0 Å². The van der Waals surface area contributed by atoms with Crippen LogP contribution in [0, 0.1) is 18.6 Å². The third-order valence-electron chi connectivity index (χ3n) is 2.83. The first kappa shape index (κ1) is 13.3. The van der Waals surface area contributed by atoms with Crippen molar-refractivity contribution in [3.63, 3.8) is 0 Å². The molecule has 2 aromatic rings. The number of alkyl halides is 1. The van der Waals surface area contributed by atoms with Gasteiger partial charge in [0.25, 0.3) is 0 Å². The minimum Gasteiger partial charge on any atom is -0.465 e. The summed E-state index contributed by atoms with van der Waals surface area (Å²) in [4.78, 5) is -0.405. The highest BCUT2D eigenvalue weighted by Gasteiger charge is 2.19. The average molecular weight is 315 g/mol. The van der Waals surface area contributed by atoms with E-state index in [4.69, 9.17) is 4.42 Å². The molecular formula is C14H13BrF2O.